The van der Waals surface area contributed by atoms with Crippen LogP contribution in [0.3, 0.4) is 0 Å². The van der Waals surface area contributed by atoms with E-state index in [0.29, 0.717) is 13.1 Å². The Balaban J connectivity index is 1.90. The molecule has 1 aliphatic heterocycles. The summed E-state index contributed by atoms with van der Waals surface area (Å²) in [6, 6.07) is 0. The van der Waals surface area contributed by atoms with E-state index in [9.17, 15) is 9.18 Å². The van der Waals surface area contributed by atoms with Crippen LogP contribution in [0.1, 0.15) is 25.7 Å². The van der Waals surface area contributed by atoms with E-state index in [2.05, 4.69) is 9.97 Å². The number of carbonyl (C=O) groups is 1. The van der Waals surface area contributed by atoms with Gasteiger partial charge in [0.25, 0.3) is 5.95 Å². The molecule has 1 unspecified atom stereocenters. The lowest BCUT2D eigenvalue weighted by Gasteiger charge is -2.27. The maximum atomic E-state index is 13.8. The van der Waals surface area contributed by atoms with Crippen molar-refractivity contribution >= 4 is 11.8 Å². The average molecular weight is 279 g/mol. The Kier molecular flexibility index (Phi) is 3.31. The van der Waals surface area contributed by atoms with Crippen LogP contribution in [0.2, 0.25) is 0 Å². The van der Waals surface area contributed by atoms with E-state index in [1.165, 1.54) is 19.5 Å². The van der Waals surface area contributed by atoms with E-state index in [4.69, 9.17) is 4.74 Å². The molecule has 1 saturated heterocycles. The zero-order valence-electron chi connectivity index (χ0n) is 11.5. The topological polar surface area (TPSA) is 55.3 Å². The minimum atomic E-state index is -0.578. The Morgan fingerprint density at radius 2 is 2.10 bits per heavy atom. The third-order valence-electron chi connectivity index (χ3n) is 4.67. The lowest BCUT2D eigenvalue weighted by molar-refractivity contribution is -0.148. The van der Waals surface area contributed by atoms with Gasteiger partial charge in [-0.2, -0.15) is 4.39 Å². The van der Waals surface area contributed by atoms with Gasteiger partial charge in [0.05, 0.1) is 13.0 Å². The van der Waals surface area contributed by atoms with Crippen LogP contribution in [0, 0.1) is 17.3 Å². The van der Waals surface area contributed by atoms with Gasteiger partial charge in [0.2, 0.25) is 0 Å². The minimum Gasteiger partial charge on any atom is -0.469 e. The Bertz CT molecular complexity index is 517. The van der Waals surface area contributed by atoms with Gasteiger partial charge in [-0.1, -0.05) is 12.8 Å². The molecule has 1 spiro atoms. The first-order valence-corrected chi connectivity index (χ1v) is 6.95. The van der Waals surface area contributed by atoms with E-state index < -0.39 is 5.95 Å². The van der Waals surface area contributed by atoms with Crippen molar-refractivity contribution < 1.29 is 13.9 Å². The average Bonchev–Trinajstić information content (AvgIpc) is 3.07. The smallest absolute Gasteiger partial charge is 0.311 e. The lowest BCUT2D eigenvalue weighted by Crippen LogP contribution is -2.33. The molecule has 0 bridgehead atoms. The third kappa shape index (κ3) is 2.03. The van der Waals surface area contributed by atoms with Crippen molar-refractivity contribution in [1.29, 1.82) is 0 Å². The van der Waals surface area contributed by atoms with Crippen molar-refractivity contribution in [3.63, 3.8) is 0 Å². The van der Waals surface area contributed by atoms with Crippen molar-refractivity contribution in [3.8, 4) is 0 Å². The quantitative estimate of drug-likeness (QED) is 0.772. The van der Waals surface area contributed by atoms with E-state index in [0.717, 1.165) is 25.7 Å². The van der Waals surface area contributed by atoms with Crippen LogP contribution in [-0.4, -0.2) is 36.1 Å². The highest BCUT2D eigenvalue weighted by molar-refractivity contribution is 5.75. The van der Waals surface area contributed by atoms with E-state index in [-0.39, 0.29) is 23.1 Å². The van der Waals surface area contributed by atoms with Crippen LogP contribution >= 0.6 is 0 Å². The molecule has 1 saturated carbocycles. The summed E-state index contributed by atoms with van der Waals surface area (Å²) in [5.41, 5.74) is -0.0863. The van der Waals surface area contributed by atoms with E-state index in [1.54, 1.807) is 0 Å². The third-order valence-corrected chi connectivity index (χ3v) is 4.67. The van der Waals surface area contributed by atoms with Gasteiger partial charge in [0.15, 0.2) is 5.82 Å². The van der Waals surface area contributed by atoms with Crippen LogP contribution in [0.15, 0.2) is 12.4 Å². The standard InChI is InChI=1S/C14H18FN3O2/c1-20-13(19)10-8-18(9-14(10)4-2-3-5-14)12-11(15)16-6-7-17-12/h6-7,10H,2-5,8-9H2,1H3. The molecule has 0 N–H and O–H groups in total. The number of anilines is 1. The summed E-state index contributed by atoms with van der Waals surface area (Å²) in [7, 11) is 1.41. The monoisotopic (exact) mass is 279 g/mol. The van der Waals surface area contributed by atoms with Gasteiger partial charge >= 0.3 is 5.97 Å². The number of hydrogen-bond acceptors (Lipinski definition) is 5. The minimum absolute atomic E-state index is 0.0863. The SMILES string of the molecule is COC(=O)C1CN(c2nccnc2F)CC12CCCC2. The van der Waals surface area contributed by atoms with Crippen LogP contribution in [0.5, 0.6) is 0 Å². The molecule has 2 heterocycles. The van der Waals surface area contributed by atoms with E-state index in [1.807, 2.05) is 4.90 Å². The fraction of sp³-hybridized carbons (Fsp3) is 0.643. The molecule has 5 nitrogen and oxygen atoms in total. The number of nitrogens with zero attached hydrogens (tertiary/aromatic N) is 3. The Hall–Kier alpha value is -1.72. The Morgan fingerprint density at radius 1 is 1.40 bits per heavy atom. The number of esters is 1. The predicted octanol–water partition coefficient (Wildman–Crippen LogP) is 1.79. The molecule has 0 aromatic carbocycles. The fourth-order valence-electron chi connectivity index (χ4n) is 3.71. The van der Waals surface area contributed by atoms with Gasteiger partial charge in [-0.15, -0.1) is 0 Å². The van der Waals surface area contributed by atoms with Gasteiger partial charge in [0.1, 0.15) is 0 Å². The van der Waals surface area contributed by atoms with Crippen LogP contribution in [0.4, 0.5) is 10.2 Å². The van der Waals surface area contributed by atoms with Crippen molar-refractivity contribution in [2.75, 3.05) is 25.1 Å². The zero-order valence-corrected chi connectivity index (χ0v) is 11.5. The Morgan fingerprint density at radius 3 is 2.75 bits per heavy atom. The summed E-state index contributed by atoms with van der Waals surface area (Å²) in [6.07, 6.45) is 7.02. The van der Waals surface area contributed by atoms with Gasteiger partial charge < -0.3 is 9.64 Å². The summed E-state index contributed by atoms with van der Waals surface area (Å²) >= 11 is 0. The number of aromatic nitrogens is 2. The molecule has 1 atom stereocenters. The number of hydrogen-bond donors (Lipinski definition) is 0. The predicted molar refractivity (Wildman–Crippen MR) is 70.6 cm³/mol. The van der Waals surface area contributed by atoms with E-state index >= 15 is 0 Å². The van der Waals surface area contributed by atoms with Gasteiger partial charge in [-0.3, -0.25) is 4.79 Å². The first-order chi connectivity index (χ1) is 9.66. The van der Waals surface area contributed by atoms with Gasteiger partial charge in [-0.05, 0) is 12.8 Å². The number of methoxy groups -OCH3 is 1. The molecule has 2 fully saturated rings. The number of halogens is 1. The molecule has 1 aliphatic carbocycles. The normalized spacial score (nSPS) is 24.3. The van der Waals surface area contributed by atoms with Crippen molar-refractivity contribution in [2.45, 2.75) is 25.7 Å². The first kappa shape index (κ1) is 13.3. The van der Waals surface area contributed by atoms with Gasteiger partial charge in [0, 0.05) is 30.9 Å². The number of rotatable bonds is 2. The Labute approximate surface area is 117 Å². The zero-order chi connectivity index (χ0) is 14.2. The summed E-state index contributed by atoms with van der Waals surface area (Å²) < 4.78 is 18.7. The summed E-state index contributed by atoms with van der Waals surface area (Å²) in [5.74, 6) is -0.730. The van der Waals surface area contributed by atoms with Crippen LogP contribution in [-0.2, 0) is 9.53 Å². The molecule has 6 heteroatoms. The molecule has 0 amide bonds. The molecule has 108 valence electrons. The molecule has 1 aromatic rings. The second-order valence-electron chi connectivity index (χ2n) is 5.70. The molecule has 3 rings (SSSR count). The summed E-state index contributed by atoms with van der Waals surface area (Å²) in [5, 5.41) is 0. The molecule has 0 radical (unpaired) electrons. The maximum absolute atomic E-state index is 13.8. The highest BCUT2D eigenvalue weighted by Gasteiger charge is 2.52. The van der Waals surface area contributed by atoms with Crippen molar-refractivity contribution in [2.24, 2.45) is 11.3 Å². The molecular weight excluding hydrogens is 261 g/mol. The number of ether oxygens (including phenoxy) is 1. The maximum Gasteiger partial charge on any atom is 0.311 e. The van der Waals surface area contributed by atoms with Crippen LogP contribution in [0.25, 0.3) is 0 Å². The second-order valence-corrected chi connectivity index (χ2v) is 5.70. The molecular formula is C14H18FN3O2. The van der Waals surface area contributed by atoms with Crippen molar-refractivity contribution in [1.82, 2.24) is 9.97 Å². The fourth-order valence-corrected chi connectivity index (χ4v) is 3.71. The van der Waals surface area contributed by atoms with Gasteiger partial charge in [-0.25, -0.2) is 9.97 Å². The molecule has 1 aromatic heterocycles. The summed E-state index contributed by atoms with van der Waals surface area (Å²) in [6.45, 7) is 1.12. The lowest BCUT2D eigenvalue weighted by atomic mass is 9.76. The largest absolute Gasteiger partial charge is 0.469 e. The highest BCUT2D eigenvalue weighted by Crippen LogP contribution is 2.50. The first-order valence-electron chi connectivity index (χ1n) is 6.95. The highest BCUT2D eigenvalue weighted by atomic mass is 19.1. The van der Waals surface area contributed by atoms with Crippen LogP contribution < -0.4 is 4.90 Å². The van der Waals surface area contributed by atoms with Crippen molar-refractivity contribution in [3.05, 3.63) is 18.3 Å². The molecule has 20 heavy (non-hydrogen) atoms. The summed E-state index contributed by atoms with van der Waals surface area (Å²) in [4.78, 5) is 21.6. The number of carbonyl (C=O) groups excluding carboxylic acids is 1. The second kappa shape index (κ2) is 5.00. The molecule has 2 aliphatic rings.